The summed E-state index contributed by atoms with van der Waals surface area (Å²) in [6.07, 6.45) is 0. The Labute approximate surface area is 127 Å². The van der Waals surface area contributed by atoms with Crippen LogP contribution in [-0.2, 0) is 9.47 Å². The number of ether oxygens (including phenoxy) is 2. The zero-order valence-corrected chi connectivity index (χ0v) is 12.6. The predicted molar refractivity (Wildman–Crippen MR) is 72.5 cm³/mol. The van der Waals surface area contributed by atoms with Gasteiger partial charge in [0.05, 0.1) is 24.1 Å². The summed E-state index contributed by atoms with van der Waals surface area (Å²) in [7, 11) is 2.31. The normalized spacial score (nSPS) is 10.4. The number of methoxy groups -OCH3 is 2. The van der Waals surface area contributed by atoms with Crippen molar-refractivity contribution in [3.63, 3.8) is 0 Å². The molecule has 0 amide bonds. The molecule has 0 atom stereocenters. The summed E-state index contributed by atoms with van der Waals surface area (Å²) < 4.78 is 15.0. The van der Waals surface area contributed by atoms with Gasteiger partial charge in [0.1, 0.15) is 4.34 Å². The Morgan fingerprint density at radius 2 is 1.90 bits per heavy atom. The van der Waals surface area contributed by atoms with Crippen molar-refractivity contribution in [1.82, 2.24) is 4.98 Å². The van der Waals surface area contributed by atoms with Crippen molar-refractivity contribution in [3.8, 4) is 11.5 Å². The van der Waals surface area contributed by atoms with Crippen LogP contribution in [0.25, 0.3) is 11.5 Å². The molecule has 0 aromatic carbocycles. The fraction of sp³-hybridized carbons (Fsp3) is 0.182. The second-order valence-electron chi connectivity index (χ2n) is 3.42. The van der Waals surface area contributed by atoms with Crippen LogP contribution in [0.2, 0.25) is 8.67 Å². The molecule has 106 valence electrons. The highest BCUT2D eigenvalue weighted by atomic mass is 35.5. The van der Waals surface area contributed by atoms with E-state index in [4.69, 9.17) is 27.6 Å². The number of nitrogens with zero attached hydrogens (tertiary/aromatic N) is 1. The number of carbonyl (C=O) groups is 2. The van der Waals surface area contributed by atoms with Crippen LogP contribution in [-0.4, -0.2) is 31.1 Å². The minimum atomic E-state index is -0.846. The first-order valence-corrected chi connectivity index (χ1v) is 6.67. The molecule has 0 unspecified atom stereocenters. The van der Waals surface area contributed by atoms with Crippen molar-refractivity contribution in [2.45, 2.75) is 0 Å². The number of carbonyl (C=O) groups excluding carboxylic acids is 2. The van der Waals surface area contributed by atoms with Gasteiger partial charge in [-0.3, -0.25) is 0 Å². The van der Waals surface area contributed by atoms with Gasteiger partial charge in [0, 0.05) is 0 Å². The van der Waals surface area contributed by atoms with Crippen LogP contribution in [0.4, 0.5) is 0 Å². The molecule has 0 radical (unpaired) electrons. The lowest BCUT2D eigenvalue weighted by molar-refractivity contribution is 0.0527. The van der Waals surface area contributed by atoms with Gasteiger partial charge in [-0.2, -0.15) is 0 Å². The lowest BCUT2D eigenvalue weighted by atomic mass is 10.3. The van der Waals surface area contributed by atoms with E-state index in [2.05, 4.69) is 14.5 Å². The van der Waals surface area contributed by atoms with Gasteiger partial charge >= 0.3 is 11.9 Å². The molecule has 0 aliphatic carbocycles. The summed E-state index contributed by atoms with van der Waals surface area (Å²) in [4.78, 5) is 27.1. The summed E-state index contributed by atoms with van der Waals surface area (Å²) >= 11 is 12.9. The molecule has 2 heterocycles. The van der Waals surface area contributed by atoms with Crippen molar-refractivity contribution < 1.29 is 23.5 Å². The average molecular weight is 336 g/mol. The molecule has 0 spiro atoms. The van der Waals surface area contributed by atoms with Gasteiger partial charge in [-0.05, 0) is 6.07 Å². The first-order valence-electron chi connectivity index (χ1n) is 5.10. The maximum absolute atomic E-state index is 11.6. The van der Waals surface area contributed by atoms with Crippen LogP contribution in [0.1, 0.15) is 21.0 Å². The molecule has 0 aliphatic heterocycles. The molecule has 2 aromatic rings. The average Bonchev–Trinajstić information content (AvgIpc) is 3.00. The van der Waals surface area contributed by atoms with E-state index in [-0.39, 0.29) is 17.3 Å². The van der Waals surface area contributed by atoms with E-state index in [1.165, 1.54) is 6.07 Å². The number of hydrogen-bond donors (Lipinski definition) is 0. The van der Waals surface area contributed by atoms with E-state index < -0.39 is 11.9 Å². The van der Waals surface area contributed by atoms with Crippen LogP contribution >= 0.6 is 34.5 Å². The molecule has 0 aliphatic rings. The van der Waals surface area contributed by atoms with Crippen molar-refractivity contribution in [2.75, 3.05) is 14.2 Å². The van der Waals surface area contributed by atoms with E-state index >= 15 is 0 Å². The van der Waals surface area contributed by atoms with E-state index in [1.807, 2.05) is 0 Å². The van der Waals surface area contributed by atoms with Crippen molar-refractivity contribution in [2.24, 2.45) is 0 Å². The fourth-order valence-corrected chi connectivity index (χ4v) is 2.84. The van der Waals surface area contributed by atoms with Crippen LogP contribution in [0.3, 0.4) is 0 Å². The first-order chi connectivity index (χ1) is 9.47. The molecule has 0 saturated carbocycles. The minimum absolute atomic E-state index is 0.0149. The Balaban J connectivity index is 2.57. The number of aromatic nitrogens is 1. The number of oxazole rings is 1. The topological polar surface area (TPSA) is 78.6 Å². The minimum Gasteiger partial charge on any atom is -0.464 e. The number of hydrogen-bond acceptors (Lipinski definition) is 7. The zero-order chi connectivity index (χ0) is 14.9. The van der Waals surface area contributed by atoms with Crippen molar-refractivity contribution in [3.05, 3.63) is 26.2 Å². The van der Waals surface area contributed by atoms with Crippen LogP contribution in [0, 0.1) is 0 Å². The van der Waals surface area contributed by atoms with Gasteiger partial charge in [0.2, 0.25) is 17.3 Å². The number of rotatable bonds is 3. The molecule has 0 saturated heterocycles. The lowest BCUT2D eigenvalue weighted by Gasteiger charge is -1.96. The number of esters is 2. The highest BCUT2D eigenvalue weighted by Crippen LogP contribution is 2.38. The Morgan fingerprint density at radius 3 is 2.40 bits per heavy atom. The Hall–Kier alpha value is -1.57. The molecule has 2 aromatic heterocycles. The summed E-state index contributed by atoms with van der Waals surface area (Å²) in [6, 6.07) is 1.52. The molecule has 6 nitrogen and oxygen atoms in total. The van der Waals surface area contributed by atoms with E-state index in [9.17, 15) is 9.59 Å². The molecular formula is C11H7Cl2NO5S. The molecular weight excluding hydrogens is 329 g/mol. The third-order valence-electron chi connectivity index (χ3n) is 2.26. The van der Waals surface area contributed by atoms with Crippen molar-refractivity contribution in [1.29, 1.82) is 0 Å². The predicted octanol–water partition coefficient (Wildman–Crippen LogP) is 3.28. The standard InChI is InChI=1S/C11H7Cl2NO5S/c1-17-10(15)6-7(11(16)18-2)19-9(14-6)4-3-5(12)20-8(4)13/h3H,1-2H3. The molecule has 9 heteroatoms. The number of thiophene rings is 1. The lowest BCUT2D eigenvalue weighted by Crippen LogP contribution is -2.10. The Kier molecular flexibility index (Phi) is 4.32. The summed E-state index contributed by atoms with van der Waals surface area (Å²) in [5, 5.41) is 0. The fourth-order valence-electron chi connectivity index (χ4n) is 1.39. The van der Waals surface area contributed by atoms with Crippen LogP contribution in [0.5, 0.6) is 0 Å². The van der Waals surface area contributed by atoms with Crippen molar-refractivity contribution >= 4 is 46.5 Å². The Bertz CT molecular complexity index is 645. The van der Waals surface area contributed by atoms with Gasteiger partial charge in [0.15, 0.2) is 0 Å². The van der Waals surface area contributed by atoms with E-state index in [0.29, 0.717) is 14.2 Å². The molecule has 20 heavy (non-hydrogen) atoms. The second kappa shape index (κ2) is 5.82. The Morgan fingerprint density at radius 1 is 1.25 bits per heavy atom. The zero-order valence-electron chi connectivity index (χ0n) is 10.2. The maximum atomic E-state index is 11.6. The summed E-state index contributed by atoms with van der Waals surface area (Å²) in [6.45, 7) is 0. The maximum Gasteiger partial charge on any atom is 0.376 e. The van der Waals surface area contributed by atoms with Gasteiger partial charge in [0.25, 0.3) is 0 Å². The third-order valence-corrected chi connectivity index (χ3v) is 3.75. The summed E-state index contributed by atoms with van der Waals surface area (Å²) in [5.41, 5.74) is 0.0923. The summed E-state index contributed by atoms with van der Waals surface area (Å²) in [5.74, 6) is -2.04. The second-order valence-corrected chi connectivity index (χ2v) is 5.70. The highest BCUT2D eigenvalue weighted by molar-refractivity contribution is 7.20. The smallest absolute Gasteiger partial charge is 0.376 e. The molecule has 0 N–H and O–H groups in total. The van der Waals surface area contributed by atoms with Gasteiger partial charge in [-0.25, -0.2) is 14.6 Å². The quantitative estimate of drug-likeness (QED) is 0.801. The first kappa shape index (κ1) is 14.8. The van der Waals surface area contributed by atoms with Crippen LogP contribution < -0.4 is 0 Å². The monoisotopic (exact) mass is 335 g/mol. The van der Waals surface area contributed by atoms with Crippen LogP contribution in [0.15, 0.2) is 10.5 Å². The van der Waals surface area contributed by atoms with Gasteiger partial charge < -0.3 is 13.9 Å². The number of halogens is 2. The molecule has 2 rings (SSSR count). The highest BCUT2D eigenvalue weighted by Gasteiger charge is 2.28. The third kappa shape index (κ3) is 2.65. The molecule has 0 fully saturated rings. The van der Waals surface area contributed by atoms with Gasteiger partial charge in [-0.1, -0.05) is 23.2 Å². The molecule has 0 bridgehead atoms. The SMILES string of the molecule is COC(=O)c1nc(-c2cc(Cl)sc2Cl)oc1C(=O)OC. The largest absolute Gasteiger partial charge is 0.464 e. The van der Waals surface area contributed by atoms with E-state index in [0.717, 1.165) is 25.6 Å². The van der Waals surface area contributed by atoms with Gasteiger partial charge in [-0.15, -0.1) is 11.3 Å². The van der Waals surface area contributed by atoms with E-state index in [1.54, 1.807) is 0 Å².